The molecule has 0 radical (unpaired) electrons. The van der Waals surface area contributed by atoms with Crippen molar-refractivity contribution in [3.63, 3.8) is 0 Å². The van der Waals surface area contributed by atoms with Gasteiger partial charge in [0, 0.05) is 30.9 Å². The van der Waals surface area contributed by atoms with Crippen molar-refractivity contribution in [2.75, 3.05) is 6.54 Å². The standard InChI is InChI=1S/C14H14FN5O/c1-20-8-17-19-13(20)5-6-16-14(21)12-7-9-10(15)3-2-4-11(9)18-12/h2-4,7-8,18H,5-6H2,1H3,(H,16,21). The van der Waals surface area contributed by atoms with Crippen LogP contribution in [0.5, 0.6) is 0 Å². The van der Waals surface area contributed by atoms with Crippen molar-refractivity contribution in [1.29, 1.82) is 0 Å². The second-order valence-electron chi connectivity index (χ2n) is 4.75. The number of nitrogens with zero attached hydrogens (tertiary/aromatic N) is 3. The van der Waals surface area contributed by atoms with E-state index in [0.29, 0.717) is 29.6 Å². The van der Waals surface area contributed by atoms with Crippen molar-refractivity contribution >= 4 is 16.8 Å². The minimum Gasteiger partial charge on any atom is -0.350 e. The lowest BCUT2D eigenvalue weighted by Crippen LogP contribution is -2.26. The second kappa shape index (κ2) is 5.35. The van der Waals surface area contributed by atoms with Gasteiger partial charge in [-0.05, 0) is 18.2 Å². The highest BCUT2D eigenvalue weighted by molar-refractivity contribution is 5.98. The van der Waals surface area contributed by atoms with Gasteiger partial charge in [0.25, 0.3) is 5.91 Å². The first kappa shape index (κ1) is 13.3. The molecule has 108 valence electrons. The van der Waals surface area contributed by atoms with Gasteiger partial charge < -0.3 is 14.9 Å². The fourth-order valence-electron chi connectivity index (χ4n) is 2.16. The predicted octanol–water partition coefficient (Wildman–Crippen LogP) is 1.41. The third-order valence-electron chi connectivity index (χ3n) is 3.29. The summed E-state index contributed by atoms with van der Waals surface area (Å²) < 4.78 is 15.4. The Kier molecular flexibility index (Phi) is 3.39. The van der Waals surface area contributed by atoms with Gasteiger partial charge in [-0.2, -0.15) is 0 Å². The molecule has 6 nitrogen and oxygen atoms in total. The summed E-state index contributed by atoms with van der Waals surface area (Å²) >= 11 is 0. The molecule has 0 fully saturated rings. The highest BCUT2D eigenvalue weighted by Gasteiger charge is 2.11. The highest BCUT2D eigenvalue weighted by atomic mass is 19.1. The van der Waals surface area contributed by atoms with Gasteiger partial charge in [-0.15, -0.1) is 10.2 Å². The van der Waals surface area contributed by atoms with Crippen LogP contribution in [0.25, 0.3) is 10.9 Å². The number of amides is 1. The molecule has 21 heavy (non-hydrogen) atoms. The summed E-state index contributed by atoms with van der Waals surface area (Å²) in [6.07, 6.45) is 2.19. The van der Waals surface area contributed by atoms with E-state index in [1.807, 2.05) is 7.05 Å². The number of benzene rings is 1. The van der Waals surface area contributed by atoms with Crippen molar-refractivity contribution in [3.8, 4) is 0 Å². The van der Waals surface area contributed by atoms with E-state index in [1.54, 1.807) is 23.0 Å². The average Bonchev–Trinajstić information content (AvgIpc) is 3.06. The van der Waals surface area contributed by atoms with E-state index in [0.717, 1.165) is 5.82 Å². The molecule has 0 bridgehead atoms. The van der Waals surface area contributed by atoms with Crippen LogP contribution in [0.4, 0.5) is 4.39 Å². The number of carbonyl (C=O) groups is 1. The summed E-state index contributed by atoms with van der Waals surface area (Å²) in [5, 5.41) is 10.9. The number of rotatable bonds is 4. The molecule has 0 aliphatic rings. The van der Waals surface area contributed by atoms with Gasteiger partial charge in [0.1, 0.15) is 23.7 Å². The molecule has 3 rings (SSSR count). The Bertz CT molecular complexity index is 792. The number of aromatic nitrogens is 4. The first-order valence-electron chi connectivity index (χ1n) is 6.53. The molecule has 7 heteroatoms. The van der Waals surface area contributed by atoms with Crippen LogP contribution in [-0.2, 0) is 13.5 Å². The first-order chi connectivity index (χ1) is 10.1. The van der Waals surface area contributed by atoms with Gasteiger partial charge >= 0.3 is 0 Å². The lowest BCUT2D eigenvalue weighted by molar-refractivity contribution is 0.0950. The summed E-state index contributed by atoms with van der Waals surface area (Å²) in [7, 11) is 1.84. The molecule has 0 spiro atoms. The Morgan fingerprint density at radius 2 is 2.33 bits per heavy atom. The lowest BCUT2D eigenvalue weighted by Gasteiger charge is -2.03. The maximum absolute atomic E-state index is 13.6. The molecule has 0 aliphatic heterocycles. The normalized spacial score (nSPS) is 11.0. The van der Waals surface area contributed by atoms with Crippen LogP contribution >= 0.6 is 0 Å². The van der Waals surface area contributed by atoms with Crippen LogP contribution in [0, 0.1) is 5.82 Å². The number of nitrogens with one attached hydrogen (secondary N) is 2. The number of fused-ring (bicyclic) bond motifs is 1. The third kappa shape index (κ3) is 2.62. The van der Waals surface area contributed by atoms with Crippen LogP contribution in [0.15, 0.2) is 30.6 Å². The van der Waals surface area contributed by atoms with E-state index >= 15 is 0 Å². The number of aromatic amines is 1. The number of carbonyl (C=O) groups excluding carboxylic acids is 1. The summed E-state index contributed by atoms with van der Waals surface area (Å²) in [4.78, 5) is 14.9. The van der Waals surface area contributed by atoms with E-state index in [2.05, 4.69) is 20.5 Å². The smallest absolute Gasteiger partial charge is 0.267 e. The Morgan fingerprint density at radius 1 is 1.48 bits per heavy atom. The summed E-state index contributed by atoms with van der Waals surface area (Å²) in [5.74, 6) is 0.174. The molecule has 0 unspecified atom stereocenters. The van der Waals surface area contributed by atoms with E-state index < -0.39 is 0 Å². The van der Waals surface area contributed by atoms with Crippen LogP contribution in [0.2, 0.25) is 0 Å². The topological polar surface area (TPSA) is 75.6 Å². The largest absolute Gasteiger partial charge is 0.350 e. The highest BCUT2D eigenvalue weighted by Crippen LogP contribution is 2.18. The minimum absolute atomic E-state index is 0.271. The number of halogens is 1. The summed E-state index contributed by atoms with van der Waals surface area (Å²) in [6, 6.07) is 6.22. The number of H-pyrrole nitrogens is 1. The zero-order valence-corrected chi connectivity index (χ0v) is 11.4. The summed E-state index contributed by atoms with van der Waals surface area (Å²) in [5.41, 5.74) is 0.946. The number of hydrogen-bond acceptors (Lipinski definition) is 3. The average molecular weight is 287 g/mol. The molecule has 1 amide bonds. The molecular weight excluding hydrogens is 273 g/mol. The van der Waals surface area contributed by atoms with Crippen LogP contribution in [-0.4, -0.2) is 32.2 Å². The fourth-order valence-corrected chi connectivity index (χ4v) is 2.16. The van der Waals surface area contributed by atoms with Crippen molar-refractivity contribution in [2.45, 2.75) is 6.42 Å². The minimum atomic E-state index is -0.345. The quantitative estimate of drug-likeness (QED) is 0.761. The fraction of sp³-hybridized carbons (Fsp3) is 0.214. The van der Waals surface area contributed by atoms with Crippen molar-refractivity contribution < 1.29 is 9.18 Å². The Morgan fingerprint density at radius 3 is 3.05 bits per heavy atom. The Balaban J connectivity index is 1.67. The molecule has 0 aliphatic carbocycles. The van der Waals surface area contributed by atoms with E-state index in [1.165, 1.54) is 12.1 Å². The SMILES string of the molecule is Cn1cnnc1CCNC(=O)c1cc2c(F)cccc2[nH]1. The third-order valence-corrected chi connectivity index (χ3v) is 3.29. The van der Waals surface area contributed by atoms with E-state index in [4.69, 9.17) is 0 Å². The second-order valence-corrected chi connectivity index (χ2v) is 4.75. The van der Waals surface area contributed by atoms with E-state index in [-0.39, 0.29) is 11.7 Å². The van der Waals surface area contributed by atoms with Crippen LogP contribution in [0.1, 0.15) is 16.3 Å². The maximum Gasteiger partial charge on any atom is 0.267 e. The maximum atomic E-state index is 13.6. The molecule has 2 aromatic heterocycles. The first-order valence-corrected chi connectivity index (χ1v) is 6.53. The molecule has 3 aromatic rings. The van der Waals surface area contributed by atoms with Crippen LogP contribution in [0.3, 0.4) is 0 Å². The van der Waals surface area contributed by atoms with Crippen molar-refractivity contribution in [3.05, 3.63) is 47.9 Å². The van der Waals surface area contributed by atoms with Crippen molar-refractivity contribution in [1.82, 2.24) is 25.1 Å². The van der Waals surface area contributed by atoms with Gasteiger partial charge in [0.15, 0.2) is 0 Å². The molecular formula is C14H14FN5O. The van der Waals surface area contributed by atoms with Gasteiger partial charge in [-0.1, -0.05) is 6.07 Å². The number of hydrogen-bond donors (Lipinski definition) is 2. The van der Waals surface area contributed by atoms with Crippen molar-refractivity contribution in [2.24, 2.45) is 7.05 Å². The summed E-state index contributed by atoms with van der Waals surface area (Å²) in [6.45, 7) is 0.434. The molecule has 2 heterocycles. The van der Waals surface area contributed by atoms with E-state index in [9.17, 15) is 9.18 Å². The van der Waals surface area contributed by atoms with Gasteiger partial charge in [0.2, 0.25) is 0 Å². The molecule has 0 saturated carbocycles. The zero-order chi connectivity index (χ0) is 14.8. The zero-order valence-electron chi connectivity index (χ0n) is 11.4. The van der Waals surface area contributed by atoms with Crippen LogP contribution < -0.4 is 5.32 Å². The predicted molar refractivity (Wildman–Crippen MR) is 75.3 cm³/mol. The lowest BCUT2D eigenvalue weighted by atomic mass is 10.2. The monoisotopic (exact) mass is 287 g/mol. The van der Waals surface area contributed by atoms with Gasteiger partial charge in [0.05, 0.1) is 0 Å². The number of aryl methyl sites for hydroxylation is 1. The molecule has 0 atom stereocenters. The molecule has 0 saturated heterocycles. The van der Waals surface area contributed by atoms with Gasteiger partial charge in [-0.25, -0.2) is 4.39 Å². The van der Waals surface area contributed by atoms with Gasteiger partial charge in [-0.3, -0.25) is 4.79 Å². The molecule has 1 aromatic carbocycles. The molecule has 2 N–H and O–H groups in total. The Hall–Kier alpha value is -2.70. The Labute approximate surface area is 120 Å².